The van der Waals surface area contributed by atoms with Crippen molar-refractivity contribution in [3.05, 3.63) is 0 Å². The number of methoxy groups -OCH3 is 1. The summed E-state index contributed by atoms with van der Waals surface area (Å²) in [6, 6.07) is 0.203. The standard InChI is InChI=1S/C10H22N2O3S/c1-12(6-4-11-5-7-15-2)10-3-8-16(13,14)9-10/h10-11H,3-9H2,1-2H3. The van der Waals surface area contributed by atoms with Crippen LogP contribution in [-0.4, -0.2) is 71.3 Å². The molecule has 1 rings (SSSR count). The van der Waals surface area contributed by atoms with Gasteiger partial charge in [0.05, 0.1) is 18.1 Å². The van der Waals surface area contributed by atoms with Crippen LogP contribution in [0, 0.1) is 0 Å². The summed E-state index contributed by atoms with van der Waals surface area (Å²) >= 11 is 0. The zero-order chi connectivity index (χ0) is 12.0. The predicted molar refractivity (Wildman–Crippen MR) is 64.4 cm³/mol. The number of rotatable bonds is 7. The lowest BCUT2D eigenvalue weighted by atomic mass is 10.2. The second-order valence-corrected chi connectivity index (χ2v) is 6.51. The first kappa shape index (κ1) is 13.9. The first-order chi connectivity index (χ1) is 7.55. The summed E-state index contributed by atoms with van der Waals surface area (Å²) in [5.41, 5.74) is 0. The molecule has 0 aromatic rings. The second-order valence-electron chi connectivity index (χ2n) is 4.28. The van der Waals surface area contributed by atoms with E-state index in [0.29, 0.717) is 18.1 Å². The fourth-order valence-corrected chi connectivity index (χ4v) is 3.67. The van der Waals surface area contributed by atoms with Gasteiger partial charge in [0.1, 0.15) is 0 Å². The molecule has 1 fully saturated rings. The highest BCUT2D eigenvalue weighted by atomic mass is 32.2. The molecule has 1 N–H and O–H groups in total. The van der Waals surface area contributed by atoms with Gasteiger partial charge in [0.15, 0.2) is 9.84 Å². The van der Waals surface area contributed by atoms with Crippen LogP contribution in [0.1, 0.15) is 6.42 Å². The zero-order valence-corrected chi connectivity index (χ0v) is 10.9. The van der Waals surface area contributed by atoms with E-state index in [0.717, 1.165) is 26.1 Å². The van der Waals surface area contributed by atoms with Gasteiger partial charge in [-0.1, -0.05) is 0 Å². The Morgan fingerprint density at radius 3 is 2.75 bits per heavy atom. The van der Waals surface area contributed by atoms with E-state index < -0.39 is 9.84 Å². The van der Waals surface area contributed by atoms with Crippen molar-refractivity contribution in [2.75, 3.05) is 51.9 Å². The van der Waals surface area contributed by atoms with E-state index in [-0.39, 0.29) is 6.04 Å². The molecular formula is C10H22N2O3S. The molecule has 96 valence electrons. The highest BCUT2D eigenvalue weighted by molar-refractivity contribution is 7.91. The third-order valence-electron chi connectivity index (χ3n) is 2.96. The van der Waals surface area contributed by atoms with Crippen LogP contribution < -0.4 is 5.32 Å². The molecule has 0 amide bonds. The average molecular weight is 250 g/mol. The van der Waals surface area contributed by atoms with Crippen LogP contribution in [0.25, 0.3) is 0 Å². The van der Waals surface area contributed by atoms with Gasteiger partial charge in [0.25, 0.3) is 0 Å². The van der Waals surface area contributed by atoms with E-state index in [1.54, 1.807) is 7.11 Å². The van der Waals surface area contributed by atoms with Crippen LogP contribution in [0.2, 0.25) is 0 Å². The summed E-state index contributed by atoms with van der Waals surface area (Å²) in [5, 5.41) is 3.25. The van der Waals surface area contributed by atoms with Crippen molar-refractivity contribution < 1.29 is 13.2 Å². The van der Waals surface area contributed by atoms with Crippen molar-refractivity contribution in [1.82, 2.24) is 10.2 Å². The van der Waals surface area contributed by atoms with Crippen molar-refractivity contribution in [2.45, 2.75) is 12.5 Å². The number of hydrogen-bond donors (Lipinski definition) is 1. The van der Waals surface area contributed by atoms with Gasteiger partial charge < -0.3 is 15.0 Å². The smallest absolute Gasteiger partial charge is 0.151 e. The molecule has 1 heterocycles. The molecule has 1 atom stereocenters. The van der Waals surface area contributed by atoms with Gasteiger partial charge in [-0.3, -0.25) is 0 Å². The molecule has 6 heteroatoms. The lowest BCUT2D eigenvalue weighted by Gasteiger charge is -2.22. The van der Waals surface area contributed by atoms with Gasteiger partial charge in [-0.15, -0.1) is 0 Å². The normalized spacial score (nSPS) is 24.1. The van der Waals surface area contributed by atoms with Crippen molar-refractivity contribution in [1.29, 1.82) is 0 Å². The maximum atomic E-state index is 11.3. The molecule has 16 heavy (non-hydrogen) atoms. The molecule has 5 nitrogen and oxygen atoms in total. The first-order valence-corrected chi connectivity index (χ1v) is 7.47. The van der Waals surface area contributed by atoms with Crippen LogP contribution in [-0.2, 0) is 14.6 Å². The average Bonchev–Trinajstić information content (AvgIpc) is 2.58. The molecule has 0 saturated carbocycles. The summed E-state index contributed by atoms with van der Waals surface area (Å²) in [5.74, 6) is 0.667. The minimum atomic E-state index is -2.76. The van der Waals surface area contributed by atoms with Crippen LogP contribution in [0.15, 0.2) is 0 Å². The highest BCUT2D eigenvalue weighted by Crippen LogP contribution is 2.15. The maximum Gasteiger partial charge on any atom is 0.151 e. The van der Waals surface area contributed by atoms with Crippen molar-refractivity contribution in [3.63, 3.8) is 0 Å². The number of hydrogen-bond acceptors (Lipinski definition) is 5. The Kier molecular flexibility index (Phi) is 5.68. The minimum absolute atomic E-state index is 0.203. The quantitative estimate of drug-likeness (QED) is 0.608. The van der Waals surface area contributed by atoms with Gasteiger partial charge in [0, 0.05) is 32.8 Å². The van der Waals surface area contributed by atoms with Crippen LogP contribution >= 0.6 is 0 Å². The maximum absolute atomic E-state index is 11.3. The number of nitrogens with zero attached hydrogens (tertiary/aromatic N) is 1. The molecule has 0 aromatic heterocycles. The summed E-state index contributed by atoms with van der Waals surface area (Å²) in [4.78, 5) is 2.13. The lowest BCUT2D eigenvalue weighted by molar-refractivity contribution is 0.196. The van der Waals surface area contributed by atoms with Crippen molar-refractivity contribution in [2.24, 2.45) is 0 Å². The minimum Gasteiger partial charge on any atom is -0.383 e. The van der Waals surface area contributed by atoms with E-state index in [4.69, 9.17) is 4.74 Å². The van der Waals surface area contributed by atoms with Gasteiger partial charge in [-0.05, 0) is 13.5 Å². The Bertz CT molecular complexity index is 292. The van der Waals surface area contributed by atoms with Crippen molar-refractivity contribution >= 4 is 9.84 Å². The fourth-order valence-electron chi connectivity index (χ4n) is 1.86. The molecule has 0 aromatic carbocycles. The summed E-state index contributed by atoms with van der Waals surface area (Å²) in [6.07, 6.45) is 0.775. The summed E-state index contributed by atoms with van der Waals surface area (Å²) in [7, 11) is 0.906. The Labute approximate surface area is 98.1 Å². The molecule has 0 bridgehead atoms. The van der Waals surface area contributed by atoms with E-state index in [2.05, 4.69) is 10.2 Å². The molecule has 0 radical (unpaired) electrons. The molecule has 0 aliphatic carbocycles. The number of likely N-dealkylation sites (N-methyl/N-ethyl adjacent to an activating group) is 1. The molecule has 0 spiro atoms. The number of ether oxygens (including phenoxy) is 1. The molecule has 1 unspecified atom stereocenters. The van der Waals surface area contributed by atoms with E-state index in [1.165, 1.54) is 0 Å². The van der Waals surface area contributed by atoms with Crippen molar-refractivity contribution in [3.8, 4) is 0 Å². The molecular weight excluding hydrogens is 228 g/mol. The molecule has 1 aliphatic heterocycles. The van der Waals surface area contributed by atoms with E-state index in [1.807, 2.05) is 7.05 Å². The fraction of sp³-hybridized carbons (Fsp3) is 1.00. The number of nitrogens with one attached hydrogen (secondary N) is 1. The summed E-state index contributed by atoms with van der Waals surface area (Å²) in [6.45, 7) is 3.30. The third kappa shape index (κ3) is 4.78. The number of sulfone groups is 1. The summed E-state index contributed by atoms with van der Waals surface area (Å²) < 4.78 is 27.5. The van der Waals surface area contributed by atoms with E-state index >= 15 is 0 Å². The van der Waals surface area contributed by atoms with Gasteiger partial charge in [-0.25, -0.2) is 8.42 Å². The van der Waals surface area contributed by atoms with Gasteiger partial charge in [-0.2, -0.15) is 0 Å². The van der Waals surface area contributed by atoms with Gasteiger partial charge >= 0.3 is 0 Å². The lowest BCUT2D eigenvalue weighted by Crippen LogP contribution is -2.38. The van der Waals surface area contributed by atoms with Crippen LogP contribution in [0.3, 0.4) is 0 Å². The Hall–Kier alpha value is -0.170. The molecule has 1 saturated heterocycles. The Morgan fingerprint density at radius 1 is 1.44 bits per heavy atom. The predicted octanol–water partition coefficient (Wildman–Crippen LogP) is -0.659. The molecule has 1 aliphatic rings. The van der Waals surface area contributed by atoms with Crippen LogP contribution in [0.5, 0.6) is 0 Å². The van der Waals surface area contributed by atoms with E-state index in [9.17, 15) is 8.42 Å². The monoisotopic (exact) mass is 250 g/mol. The topological polar surface area (TPSA) is 58.6 Å². The third-order valence-corrected chi connectivity index (χ3v) is 4.71. The van der Waals surface area contributed by atoms with Crippen LogP contribution in [0.4, 0.5) is 0 Å². The largest absolute Gasteiger partial charge is 0.383 e. The SMILES string of the molecule is COCCNCCN(C)C1CCS(=O)(=O)C1. The second kappa shape index (κ2) is 6.54. The zero-order valence-electron chi connectivity index (χ0n) is 10.1. The Balaban J connectivity index is 2.14. The van der Waals surface area contributed by atoms with Gasteiger partial charge in [0.2, 0.25) is 0 Å². The Morgan fingerprint density at radius 2 is 2.19 bits per heavy atom. The highest BCUT2D eigenvalue weighted by Gasteiger charge is 2.30. The first-order valence-electron chi connectivity index (χ1n) is 5.65.